The van der Waals surface area contributed by atoms with Crippen LogP contribution in [0.1, 0.15) is 11.1 Å². The zero-order chi connectivity index (χ0) is 17.6. The van der Waals surface area contributed by atoms with Crippen LogP contribution in [0.15, 0.2) is 42.5 Å². The number of methoxy groups -OCH3 is 2. The Balaban J connectivity index is 1.60. The third-order valence-corrected chi connectivity index (χ3v) is 4.29. The fourth-order valence-electron chi connectivity index (χ4n) is 3.13. The normalized spacial score (nSPS) is 15.8. The topological polar surface area (TPSA) is 56.8 Å². The predicted molar refractivity (Wildman–Crippen MR) is 96.3 cm³/mol. The molecule has 0 aromatic heterocycles. The second-order valence-corrected chi connectivity index (χ2v) is 6.21. The molecule has 0 fully saturated rings. The summed E-state index contributed by atoms with van der Waals surface area (Å²) >= 11 is 0. The summed E-state index contributed by atoms with van der Waals surface area (Å²) in [5.74, 6) is 1.94. The minimum Gasteiger partial charge on any atom is -0.493 e. The van der Waals surface area contributed by atoms with E-state index in [2.05, 4.69) is 11.4 Å². The molecule has 1 aliphatic rings. The van der Waals surface area contributed by atoms with E-state index in [-0.39, 0.29) is 12.5 Å². The lowest BCUT2D eigenvalue weighted by atomic mass is 9.91. The van der Waals surface area contributed by atoms with Gasteiger partial charge in [0.25, 0.3) is 0 Å². The van der Waals surface area contributed by atoms with Gasteiger partial charge < -0.3 is 19.5 Å². The number of rotatable bonds is 6. The van der Waals surface area contributed by atoms with E-state index in [1.54, 1.807) is 7.11 Å². The minimum atomic E-state index is -0.151. The van der Waals surface area contributed by atoms with E-state index < -0.39 is 0 Å². The summed E-state index contributed by atoms with van der Waals surface area (Å²) in [5, 5.41) is 2.80. The van der Waals surface area contributed by atoms with Gasteiger partial charge in [0.15, 0.2) is 11.5 Å². The summed E-state index contributed by atoms with van der Waals surface area (Å²) in [4.78, 5) is 11.5. The van der Waals surface area contributed by atoms with Crippen molar-refractivity contribution in [2.75, 3.05) is 32.8 Å². The van der Waals surface area contributed by atoms with Crippen LogP contribution in [-0.4, -0.2) is 33.3 Å². The van der Waals surface area contributed by atoms with Crippen LogP contribution in [0.4, 0.5) is 5.69 Å². The van der Waals surface area contributed by atoms with Crippen molar-refractivity contribution in [3.05, 3.63) is 53.6 Å². The zero-order valence-corrected chi connectivity index (χ0v) is 14.6. The van der Waals surface area contributed by atoms with Crippen LogP contribution in [-0.2, 0) is 22.4 Å². The van der Waals surface area contributed by atoms with E-state index in [4.69, 9.17) is 14.2 Å². The molecule has 2 aromatic carbocycles. The monoisotopic (exact) mass is 341 g/mol. The Morgan fingerprint density at radius 3 is 2.72 bits per heavy atom. The van der Waals surface area contributed by atoms with E-state index in [0.29, 0.717) is 12.5 Å². The first kappa shape index (κ1) is 17.3. The molecule has 0 saturated heterocycles. The Hall–Kier alpha value is -2.53. The van der Waals surface area contributed by atoms with E-state index in [0.717, 1.165) is 30.0 Å². The van der Waals surface area contributed by atoms with Crippen molar-refractivity contribution >= 4 is 11.6 Å². The summed E-state index contributed by atoms with van der Waals surface area (Å²) in [6.45, 7) is 0.740. The Kier molecular flexibility index (Phi) is 5.56. The standard InChI is InChI=1S/C20H23NO4/c1-23-13-19(22)21-17-8-6-14(7-9-17)10-15-11-16-4-3-5-18(24-2)20(16)25-12-15/h3-9,15H,10-13H2,1-2H3,(H,21,22). The van der Waals surface area contributed by atoms with Crippen LogP contribution in [0, 0.1) is 5.92 Å². The van der Waals surface area contributed by atoms with Crippen molar-refractivity contribution in [1.82, 2.24) is 0 Å². The van der Waals surface area contributed by atoms with Crippen LogP contribution >= 0.6 is 0 Å². The molecule has 1 unspecified atom stereocenters. The summed E-state index contributed by atoms with van der Waals surface area (Å²) in [6.07, 6.45) is 1.90. The first-order valence-electron chi connectivity index (χ1n) is 8.36. The van der Waals surface area contributed by atoms with Gasteiger partial charge in [-0.05, 0) is 42.2 Å². The summed E-state index contributed by atoms with van der Waals surface area (Å²) in [7, 11) is 3.17. The van der Waals surface area contributed by atoms with E-state index in [9.17, 15) is 4.79 Å². The summed E-state index contributed by atoms with van der Waals surface area (Å²) < 4.78 is 16.1. The van der Waals surface area contributed by atoms with Gasteiger partial charge in [-0.1, -0.05) is 24.3 Å². The molecular weight excluding hydrogens is 318 g/mol. The molecule has 0 radical (unpaired) electrons. The Morgan fingerprint density at radius 2 is 2.00 bits per heavy atom. The molecule has 2 aromatic rings. The highest BCUT2D eigenvalue weighted by atomic mass is 16.5. The maximum atomic E-state index is 11.5. The minimum absolute atomic E-state index is 0.0596. The average Bonchev–Trinajstić information content (AvgIpc) is 2.63. The molecule has 0 bridgehead atoms. The van der Waals surface area contributed by atoms with Gasteiger partial charge in [0.05, 0.1) is 13.7 Å². The molecule has 132 valence electrons. The van der Waals surface area contributed by atoms with E-state index in [1.165, 1.54) is 18.2 Å². The molecule has 25 heavy (non-hydrogen) atoms. The number of anilines is 1. The van der Waals surface area contributed by atoms with Crippen molar-refractivity contribution < 1.29 is 19.0 Å². The number of para-hydroxylation sites is 1. The lowest BCUT2D eigenvalue weighted by molar-refractivity contribution is -0.119. The van der Waals surface area contributed by atoms with Gasteiger partial charge in [0.1, 0.15) is 6.61 Å². The van der Waals surface area contributed by atoms with Gasteiger partial charge >= 0.3 is 0 Å². The van der Waals surface area contributed by atoms with Crippen molar-refractivity contribution in [3.8, 4) is 11.5 Å². The quantitative estimate of drug-likeness (QED) is 0.877. The fraction of sp³-hybridized carbons (Fsp3) is 0.350. The van der Waals surface area contributed by atoms with Crippen LogP contribution in [0.2, 0.25) is 0 Å². The first-order chi connectivity index (χ1) is 12.2. The molecule has 0 aliphatic carbocycles. The molecule has 1 heterocycles. The van der Waals surface area contributed by atoms with Crippen molar-refractivity contribution in [1.29, 1.82) is 0 Å². The number of hydrogen-bond acceptors (Lipinski definition) is 4. The molecule has 5 nitrogen and oxygen atoms in total. The summed E-state index contributed by atoms with van der Waals surface area (Å²) in [6, 6.07) is 14.0. The van der Waals surface area contributed by atoms with Crippen LogP contribution in [0.5, 0.6) is 11.5 Å². The van der Waals surface area contributed by atoms with E-state index >= 15 is 0 Å². The zero-order valence-electron chi connectivity index (χ0n) is 14.6. The largest absolute Gasteiger partial charge is 0.493 e. The molecule has 0 spiro atoms. The van der Waals surface area contributed by atoms with Crippen LogP contribution < -0.4 is 14.8 Å². The molecule has 0 saturated carbocycles. The number of hydrogen-bond donors (Lipinski definition) is 1. The number of fused-ring (bicyclic) bond motifs is 1. The average molecular weight is 341 g/mol. The van der Waals surface area contributed by atoms with Crippen molar-refractivity contribution in [2.45, 2.75) is 12.8 Å². The van der Waals surface area contributed by atoms with Gasteiger partial charge in [0, 0.05) is 18.7 Å². The lowest BCUT2D eigenvalue weighted by Crippen LogP contribution is -2.23. The number of benzene rings is 2. The Bertz CT molecular complexity index is 727. The second-order valence-electron chi connectivity index (χ2n) is 6.21. The number of amides is 1. The van der Waals surface area contributed by atoms with E-state index in [1.807, 2.05) is 36.4 Å². The van der Waals surface area contributed by atoms with Crippen LogP contribution in [0.3, 0.4) is 0 Å². The lowest BCUT2D eigenvalue weighted by Gasteiger charge is -2.26. The third-order valence-electron chi connectivity index (χ3n) is 4.29. The SMILES string of the molecule is COCC(=O)Nc1ccc(CC2COc3c(cccc3OC)C2)cc1. The number of ether oxygens (including phenoxy) is 3. The fourth-order valence-corrected chi connectivity index (χ4v) is 3.13. The molecular formula is C20H23NO4. The van der Waals surface area contributed by atoms with Gasteiger partial charge in [-0.3, -0.25) is 4.79 Å². The maximum Gasteiger partial charge on any atom is 0.250 e. The predicted octanol–water partition coefficient (Wildman–Crippen LogP) is 3.07. The second kappa shape index (κ2) is 8.03. The maximum absolute atomic E-state index is 11.5. The highest BCUT2D eigenvalue weighted by Gasteiger charge is 2.22. The Labute approximate surface area is 147 Å². The number of carbonyl (C=O) groups excluding carboxylic acids is 1. The smallest absolute Gasteiger partial charge is 0.250 e. The number of carbonyl (C=O) groups is 1. The molecule has 1 amide bonds. The van der Waals surface area contributed by atoms with Crippen molar-refractivity contribution in [2.24, 2.45) is 5.92 Å². The van der Waals surface area contributed by atoms with Gasteiger partial charge in [-0.25, -0.2) is 0 Å². The molecule has 1 atom stereocenters. The molecule has 1 aliphatic heterocycles. The Morgan fingerprint density at radius 1 is 1.20 bits per heavy atom. The third kappa shape index (κ3) is 4.31. The van der Waals surface area contributed by atoms with Crippen molar-refractivity contribution in [3.63, 3.8) is 0 Å². The molecule has 1 N–H and O–H groups in total. The molecule has 3 rings (SSSR count). The van der Waals surface area contributed by atoms with Gasteiger partial charge in [-0.2, -0.15) is 0 Å². The highest BCUT2D eigenvalue weighted by Crippen LogP contribution is 2.36. The van der Waals surface area contributed by atoms with Gasteiger partial charge in [-0.15, -0.1) is 0 Å². The summed E-state index contributed by atoms with van der Waals surface area (Å²) in [5.41, 5.74) is 3.20. The highest BCUT2D eigenvalue weighted by molar-refractivity contribution is 5.91. The molecule has 5 heteroatoms. The number of nitrogens with one attached hydrogen (secondary N) is 1. The first-order valence-corrected chi connectivity index (χ1v) is 8.36. The van der Waals surface area contributed by atoms with Crippen LogP contribution in [0.25, 0.3) is 0 Å². The van der Waals surface area contributed by atoms with Gasteiger partial charge in [0.2, 0.25) is 5.91 Å².